The van der Waals surface area contributed by atoms with E-state index in [0.717, 1.165) is 28.2 Å². The van der Waals surface area contributed by atoms with Gasteiger partial charge in [-0.2, -0.15) is 0 Å². The van der Waals surface area contributed by atoms with Gasteiger partial charge in [-0.15, -0.1) is 0 Å². The normalized spacial score (nSPS) is 20.2. The maximum absolute atomic E-state index is 9.66. The molecule has 5 rings (SSSR count). The van der Waals surface area contributed by atoms with E-state index >= 15 is 0 Å². The second-order valence-electron chi connectivity index (χ2n) is 8.14. The number of hydrogen-bond acceptors (Lipinski definition) is 6. The third kappa shape index (κ3) is 8.31. The fourth-order valence-electron chi connectivity index (χ4n) is 3.76. The quantitative estimate of drug-likeness (QED) is 0.188. The summed E-state index contributed by atoms with van der Waals surface area (Å²) >= 11 is 0. The number of phosphoric acid groups is 2. The van der Waals surface area contributed by atoms with Crippen LogP contribution < -0.4 is 14.2 Å². The van der Waals surface area contributed by atoms with E-state index in [0.29, 0.717) is 12.4 Å². The van der Waals surface area contributed by atoms with Crippen LogP contribution in [0.15, 0.2) is 36.4 Å². The van der Waals surface area contributed by atoms with Crippen molar-refractivity contribution in [3.05, 3.63) is 53.1 Å². The predicted octanol–water partition coefficient (Wildman–Crippen LogP) is 1.68. The molecule has 15 heteroatoms. The topological polar surface area (TPSA) is 203 Å². The van der Waals surface area contributed by atoms with E-state index in [9.17, 15) is 5.11 Å². The van der Waals surface area contributed by atoms with Crippen LogP contribution in [0.5, 0.6) is 23.0 Å². The fourth-order valence-corrected chi connectivity index (χ4v) is 3.76. The van der Waals surface area contributed by atoms with Crippen LogP contribution in [-0.4, -0.2) is 76.2 Å². The Morgan fingerprint density at radius 3 is 2.09 bits per heavy atom. The molecule has 35 heavy (non-hydrogen) atoms. The van der Waals surface area contributed by atoms with Crippen molar-refractivity contribution in [1.29, 1.82) is 0 Å². The third-order valence-electron chi connectivity index (χ3n) is 4.94. The van der Waals surface area contributed by atoms with Gasteiger partial charge in [0.25, 0.3) is 0 Å². The Balaban J connectivity index is 0.000000337. The average Bonchev–Trinajstić information content (AvgIpc) is 3.03. The Hall–Kier alpha value is -1.40. The zero-order valence-electron chi connectivity index (χ0n) is 18.0. The van der Waals surface area contributed by atoms with Gasteiger partial charge in [-0.3, -0.25) is 0 Å². The van der Waals surface area contributed by atoms with Gasteiger partial charge < -0.3 is 48.7 Å². The van der Waals surface area contributed by atoms with E-state index in [4.69, 9.17) is 52.7 Å². The molecular weight excluding hydrogens is 517 g/mol. The molecule has 0 radical (unpaired) electrons. The molecule has 3 heterocycles. The van der Waals surface area contributed by atoms with E-state index in [-0.39, 0.29) is 52.9 Å². The Morgan fingerprint density at radius 1 is 0.914 bits per heavy atom. The number of aromatic hydroxyl groups is 1. The van der Waals surface area contributed by atoms with Gasteiger partial charge in [0.15, 0.2) is 0 Å². The second kappa shape index (κ2) is 10.9. The van der Waals surface area contributed by atoms with Gasteiger partial charge in [0.1, 0.15) is 34.7 Å². The summed E-state index contributed by atoms with van der Waals surface area (Å²) in [6, 6.07) is 9.33. The second-order valence-corrected chi connectivity index (χ2v) is 10.2. The molecule has 0 amide bonds. The molecule has 2 aromatic rings. The van der Waals surface area contributed by atoms with Gasteiger partial charge in [-0.05, 0) is 44.2 Å². The molecule has 2 aromatic carbocycles. The van der Waals surface area contributed by atoms with Crippen LogP contribution in [0.2, 0.25) is 0 Å². The van der Waals surface area contributed by atoms with Gasteiger partial charge in [-0.1, -0.05) is 6.07 Å². The molecule has 3 aliphatic heterocycles. The summed E-state index contributed by atoms with van der Waals surface area (Å²) in [6.45, 7) is 4.62. The fraction of sp³-hybridized carbons (Fsp3) is 0.300. The summed E-state index contributed by atoms with van der Waals surface area (Å²) in [4.78, 5) is 43.1. The van der Waals surface area contributed by atoms with Crippen molar-refractivity contribution >= 4 is 51.3 Å². The van der Waals surface area contributed by atoms with Crippen molar-refractivity contribution in [1.82, 2.24) is 0 Å². The monoisotopic (exact) mass is 542 g/mol. The van der Waals surface area contributed by atoms with Crippen LogP contribution >= 0.6 is 15.6 Å². The van der Waals surface area contributed by atoms with Crippen LogP contribution in [0, 0.1) is 0 Å². The maximum atomic E-state index is 9.66. The van der Waals surface area contributed by atoms with Crippen LogP contribution in [0.3, 0.4) is 0 Å². The van der Waals surface area contributed by atoms with Gasteiger partial charge in [0, 0.05) is 17.2 Å². The standard InChI is InChI=1S/C20H18O4.Na.2H3O4P.H/c1-20(2)8-7-14-16(24-20)6-5-12-15-10-22-17-9-11(21)3-4-13(17)19(15)23-18(12)14;;2*1-5(2,3)4;/h3-9,15,19,21H,10H2,1-2H3;;2*(H3,1,2,3,4);. The third-order valence-corrected chi connectivity index (χ3v) is 4.94. The molecule has 3 aliphatic rings. The molecule has 0 fully saturated rings. The molecule has 0 aliphatic carbocycles. The SMILES string of the molecule is CC1(C)C=Cc2c(ccc3c2OC2c4ccc(O)cc4OCC32)O1.O=P(O)(O)O.O=P(O)(O)O.[NaH]. The van der Waals surface area contributed by atoms with Crippen molar-refractivity contribution in [3.8, 4) is 23.0 Å². The molecule has 12 nitrogen and oxygen atoms in total. The first-order chi connectivity index (χ1) is 15.5. The van der Waals surface area contributed by atoms with E-state index in [1.165, 1.54) is 0 Å². The van der Waals surface area contributed by atoms with Crippen molar-refractivity contribution in [2.24, 2.45) is 0 Å². The van der Waals surface area contributed by atoms with Crippen LogP contribution in [-0.2, 0) is 9.13 Å². The number of phenols is 1. The number of fused-ring (bicyclic) bond motifs is 7. The molecule has 2 unspecified atom stereocenters. The van der Waals surface area contributed by atoms with E-state index < -0.39 is 15.6 Å². The first kappa shape index (κ1) is 29.8. The minimum atomic E-state index is -4.64. The molecule has 188 valence electrons. The Morgan fingerprint density at radius 2 is 1.49 bits per heavy atom. The minimum absolute atomic E-state index is 0. The molecule has 2 atom stereocenters. The number of ether oxygens (including phenoxy) is 3. The van der Waals surface area contributed by atoms with Crippen LogP contribution in [0.25, 0.3) is 6.08 Å². The first-order valence-corrected chi connectivity index (χ1v) is 12.9. The Labute approximate surface area is 222 Å². The van der Waals surface area contributed by atoms with Crippen LogP contribution in [0.4, 0.5) is 0 Å². The average molecular weight is 542 g/mol. The summed E-state index contributed by atoms with van der Waals surface area (Å²) < 4.78 is 36.0. The van der Waals surface area contributed by atoms with Gasteiger partial charge in [-0.25, -0.2) is 9.13 Å². The van der Waals surface area contributed by atoms with E-state index in [1.54, 1.807) is 12.1 Å². The summed E-state index contributed by atoms with van der Waals surface area (Å²) in [5.74, 6) is 2.81. The number of phenolic OH excluding ortho intramolecular Hbond substituents is 1. The zero-order valence-corrected chi connectivity index (χ0v) is 19.8. The number of hydrogen-bond donors (Lipinski definition) is 7. The summed E-state index contributed by atoms with van der Waals surface area (Å²) in [6.07, 6.45) is 4.07. The van der Waals surface area contributed by atoms with Crippen molar-refractivity contribution in [3.63, 3.8) is 0 Å². The number of benzene rings is 2. The summed E-state index contributed by atoms with van der Waals surface area (Å²) in [7, 11) is -9.28. The molecule has 0 aromatic heterocycles. The predicted molar refractivity (Wildman–Crippen MR) is 126 cm³/mol. The molecule has 0 saturated heterocycles. The molecule has 0 spiro atoms. The Bertz CT molecular complexity index is 1170. The summed E-state index contributed by atoms with van der Waals surface area (Å²) in [5.41, 5.74) is 2.84. The molecular formula is C20H25NaO12P2. The first-order valence-electron chi connectivity index (χ1n) is 9.76. The van der Waals surface area contributed by atoms with E-state index in [2.05, 4.69) is 18.2 Å². The van der Waals surface area contributed by atoms with Crippen molar-refractivity contribution < 1.29 is 57.8 Å². The van der Waals surface area contributed by atoms with E-state index in [1.807, 2.05) is 26.0 Å². The molecule has 0 bridgehead atoms. The van der Waals surface area contributed by atoms with Crippen LogP contribution in [0.1, 0.15) is 42.6 Å². The molecule has 7 N–H and O–H groups in total. The van der Waals surface area contributed by atoms with Gasteiger partial charge in [0.2, 0.25) is 0 Å². The summed E-state index contributed by atoms with van der Waals surface area (Å²) in [5, 5.41) is 9.66. The zero-order chi connectivity index (χ0) is 25.5. The van der Waals surface area contributed by atoms with Gasteiger partial charge >= 0.3 is 45.2 Å². The Kier molecular flexibility index (Phi) is 9.31. The number of rotatable bonds is 0. The van der Waals surface area contributed by atoms with Crippen molar-refractivity contribution in [2.75, 3.05) is 6.61 Å². The molecule has 0 saturated carbocycles. The van der Waals surface area contributed by atoms with Crippen molar-refractivity contribution in [2.45, 2.75) is 31.5 Å². The van der Waals surface area contributed by atoms with Gasteiger partial charge in [0.05, 0.1) is 18.1 Å².